The SMILES string of the molecule is CC(=O)Nc1ccc(NC(=O)[C@@H](C)NC(=O)C2CC(=O)N(c3ccccc3)C2)cc1. The Morgan fingerprint density at radius 1 is 0.967 bits per heavy atom. The summed E-state index contributed by atoms with van der Waals surface area (Å²) < 4.78 is 0. The van der Waals surface area contributed by atoms with Crippen molar-refractivity contribution in [1.29, 1.82) is 0 Å². The van der Waals surface area contributed by atoms with Crippen LogP contribution in [-0.2, 0) is 19.2 Å². The molecule has 0 radical (unpaired) electrons. The monoisotopic (exact) mass is 408 g/mol. The van der Waals surface area contributed by atoms with Crippen molar-refractivity contribution in [2.45, 2.75) is 26.3 Å². The normalized spacial score (nSPS) is 16.7. The molecule has 0 saturated carbocycles. The van der Waals surface area contributed by atoms with Gasteiger partial charge in [-0.2, -0.15) is 0 Å². The third-order valence-electron chi connectivity index (χ3n) is 4.79. The summed E-state index contributed by atoms with van der Waals surface area (Å²) in [7, 11) is 0. The van der Waals surface area contributed by atoms with Gasteiger partial charge in [-0.3, -0.25) is 19.2 Å². The van der Waals surface area contributed by atoms with Crippen molar-refractivity contribution in [1.82, 2.24) is 5.32 Å². The fraction of sp³-hybridized carbons (Fsp3) is 0.273. The lowest BCUT2D eigenvalue weighted by Crippen LogP contribution is -2.44. The molecule has 8 nitrogen and oxygen atoms in total. The number of rotatable bonds is 6. The molecular formula is C22H24N4O4. The van der Waals surface area contributed by atoms with Crippen molar-refractivity contribution in [3.8, 4) is 0 Å². The second-order valence-corrected chi connectivity index (χ2v) is 7.22. The van der Waals surface area contributed by atoms with Gasteiger partial charge < -0.3 is 20.9 Å². The smallest absolute Gasteiger partial charge is 0.246 e. The van der Waals surface area contributed by atoms with Crippen molar-refractivity contribution in [2.75, 3.05) is 22.1 Å². The molecule has 8 heteroatoms. The van der Waals surface area contributed by atoms with Crippen LogP contribution in [0.15, 0.2) is 54.6 Å². The van der Waals surface area contributed by atoms with Gasteiger partial charge in [-0.15, -0.1) is 0 Å². The van der Waals surface area contributed by atoms with E-state index in [2.05, 4.69) is 16.0 Å². The standard InChI is InChI=1S/C22H24N4O4/c1-14(21(29)25-18-10-8-17(9-11-18)24-15(2)27)23-22(30)16-12-20(28)26(13-16)19-6-4-3-5-7-19/h3-11,14,16H,12-13H2,1-2H3,(H,23,30)(H,24,27)(H,25,29)/t14-,16?/m1/s1. The van der Waals surface area contributed by atoms with E-state index in [1.165, 1.54) is 6.92 Å². The van der Waals surface area contributed by atoms with Crippen LogP contribution in [0.3, 0.4) is 0 Å². The van der Waals surface area contributed by atoms with Crippen LogP contribution in [0.1, 0.15) is 20.3 Å². The van der Waals surface area contributed by atoms with E-state index in [4.69, 9.17) is 0 Å². The molecule has 0 bridgehead atoms. The molecule has 1 heterocycles. The number of anilines is 3. The summed E-state index contributed by atoms with van der Waals surface area (Å²) in [6, 6.07) is 15.1. The van der Waals surface area contributed by atoms with E-state index in [0.29, 0.717) is 11.4 Å². The number of nitrogens with one attached hydrogen (secondary N) is 3. The van der Waals surface area contributed by atoms with Crippen molar-refractivity contribution in [3.63, 3.8) is 0 Å². The molecule has 2 aromatic rings. The highest BCUT2D eigenvalue weighted by Gasteiger charge is 2.35. The molecule has 1 aliphatic rings. The zero-order valence-corrected chi connectivity index (χ0v) is 16.8. The van der Waals surface area contributed by atoms with Gasteiger partial charge in [0.05, 0.1) is 5.92 Å². The summed E-state index contributed by atoms with van der Waals surface area (Å²) in [6.07, 6.45) is 0.111. The molecular weight excluding hydrogens is 384 g/mol. The zero-order valence-electron chi connectivity index (χ0n) is 16.8. The fourth-order valence-electron chi connectivity index (χ4n) is 3.23. The van der Waals surface area contributed by atoms with Crippen molar-refractivity contribution in [2.24, 2.45) is 5.92 Å². The summed E-state index contributed by atoms with van der Waals surface area (Å²) in [6.45, 7) is 3.29. The van der Waals surface area contributed by atoms with E-state index in [1.54, 1.807) is 36.1 Å². The molecule has 0 aromatic heterocycles. The second-order valence-electron chi connectivity index (χ2n) is 7.22. The molecule has 4 amide bonds. The Morgan fingerprint density at radius 3 is 2.17 bits per heavy atom. The number of amides is 4. The molecule has 2 atom stereocenters. The van der Waals surface area contributed by atoms with Crippen LogP contribution in [0.5, 0.6) is 0 Å². The maximum absolute atomic E-state index is 12.6. The Kier molecular flexibility index (Phi) is 6.46. The molecule has 1 aliphatic heterocycles. The number of para-hydroxylation sites is 1. The Balaban J connectivity index is 1.53. The summed E-state index contributed by atoms with van der Waals surface area (Å²) in [5, 5.41) is 8.05. The lowest BCUT2D eigenvalue weighted by Gasteiger charge is -2.18. The Morgan fingerprint density at radius 2 is 1.57 bits per heavy atom. The predicted molar refractivity (Wildman–Crippen MR) is 114 cm³/mol. The van der Waals surface area contributed by atoms with Crippen molar-refractivity contribution < 1.29 is 19.2 Å². The number of benzene rings is 2. The highest BCUT2D eigenvalue weighted by molar-refractivity contribution is 6.02. The molecule has 156 valence electrons. The maximum Gasteiger partial charge on any atom is 0.246 e. The van der Waals surface area contributed by atoms with E-state index in [-0.39, 0.29) is 36.6 Å². The summed E-state index contributed by atoms with van der Waals surface area (Å²) in [5.41, 5.74) is 1.92. The quantitative estimate of drug-likeness (QED) is 0.681. The Hall–Kier alpha value is -3.68. The predicted octanol–water partition coefficient (Wildman–Crippen LogP) is 2.14. The molecule has 0 aliphatic carbocycles. The van der Waals surface area contributed by atoms with Gasteiger partial charge >= 0.3 is 0 Å². The van der Waals surface area contributed by atoms with Crippen molar-refractivity contribution in [3.05, 3.63) is 54.6 Å². The van der Waals surface area contributed by atoms with Gasteiger partial charge in [-0.05, 0) is 43.3 Å². The van der Waals surface area contributed by atoms with Crippen LogP contribution in [-0.4, -0.2) is 36.2 Å². The average Bonchev–Trinajstić information content (AvgIpc) is 3.11. The summed E-state index contributed by atoms with van der Waals surface area (Å²) >= 11 is 0. The summed E-state index contributed by atoms with van der Waals surface area (Å²) in [5.74, 6) is -1.51. The van der Waals surface area contributed by atoms with E-state index in [9.17, 15) is 19.2 Å². The fourth-order valence-corrected chi connectivity index (χ4v) is 3.23. The topological polar surface area (TPSA) is 108 Å². The van der Waals surface area contributed by atoms with Gasteiger partial charge in [0, 0.05) is 37.0 Å². The first-order valence-corrected chi connectivity index (χ1v) is 9.68. The first-order chi connectivity index (χ1) is 14.3. The largest absolute Gasteiger partial charge is 0.344 e. The van der Waals surface area contributed by atoms with Crippen LogP contribution >= 0.6 is 0 Å². The minimum atomic E-state index is -0.770. The van der Waals surface area contributed by atoms with Crippen molar-refractivity contribution >= 4 is 40.7 Å². The molecule has 3 N–H and O–H groups in total. The Labute approximate surface area is 174 Å². The van der Waals surface area contributed by atoms with Crippen LogP contribution in [0.25, 0.3) is 0 Å². The summed E-state index contributed by atoms with van der Waals surface area (Å²) in [4.78, 5) is 49.9. The lowest BCUT2D eigenvalue weighted by molar-refractivity contribution is -0.129. The van der Waals surface area contributed by atoms with Gasteiger partial charge in [0.25, 0.3) is 0 Å². The van der Waals surface area contributed by atoms with Gasteiger partial charge in [0.2, 0.25) is 23.6 Å². The number of hydrogen-bond acceptors (Lipinski definition) is 4. The minimum absolute atomic E-state index is 0.111. The third kappa shape index (κ3) is 5.22. The molecule has 3 rings (SSSR count). The average molecular weight is 408 g/mol. The third-order valence-corrected chi connectivity index (χ3v) is 4.79. The minimum Gasteiger partial charge on any atom is -0.344 e. The second kappa shape index (κ2) is 9.21. The van der Waals surface area contributed by atoms with Gasteiger partial charge in [-0.1, -0.05) is 18.2 Å². The van der Waals surface area contributed by atoms with Gasteiger partial charge in [-0.25, -0.2) is 0 Å². The highest BCUT2D eigenvalue weighted by Crippen LogP contribution is 2.25. The van der Waals surface area contributed by atoms with E-state index < -0.39 is 12.0 Å². The molecule has 2 aromatic carbocycles. The number of hydrogen-bond donors (Lipinski definition) is 3. The molecule has 1 unspecified atom stereocenters. The molecule has 0 spiro atoms. The van der Waals surface area contributed by atoms with Gasteiger partial charge in [0.15, 0.2) is 0 Å². The van der Waals surface area contributed by atoms with E-state index >= 15 is 0 Å². The van der Waals surface area contributed by atoms with Crippen LogP contribution in [0, 0.1) is 5.92 Å². The molecule has 1 saturated heterocycles. The van der Waals surface area contributed by atoms with Crippen LogP contribution in [0.4, 0.5) is 17.1 Å². The van der Waals surface area contributed by atoms with Gasteiger partial charge in [0.1, 0.15) is 6.04 Å². The number of nitrogens with zero attached hydrogens (tertiary/aromatic N) is 1. The number of carbonyl (C=O) groups excluding carboxylic acids is 4. The molecule has 1 fully saturated rings. The van der Waals surface area contributed by atoms with Crippen LogP contribution < -0.4 is 20.9 Å². The maximum atomic E-state index is 12.6. The Bertz CT molecular complexity index is 943. The number of carbonyl (C=O) groups is 4. The van der Waals surface area contributed by atoms with E-state index in [1.807, 2.05) is 30.3 Å². The van der Waals surface area contributed by atoms with E-state index in [0.717, 1.165) is 5.69 Å². The molecule has 30 heavy (non-hydrogen) atoms. The first-order valence-electron chi connectivity index (χ1n) is 9.68. The first kappa shape index (κ1) is 21.0. The van der Waals surface area contributed by atoms with Crippen LogP contribution in [0.2, 0.25) is 0 Å². The lowest BCUT2D eigenvalue weighted by atomic mass is 10.1. The highest BCUT2D eigenvalue weighted by atomic mass is 16.2. The zero-order chi connectivity index (χ0) is 21.7.